The van der Waals surface area contributed by atoms with Crippen LogP contribution in [0.25, 0.3) is 0 Å². The maximum absolute atomic E-state index is 10.2. The van der Waals surface area contributed by atoms with Crippen molar-refractivity contribution in [2.24, 2.45) is 40.5 Å². The molecule has 47 heavy (non-hydrogen) atoms. The second-order valence-electron chi connectivity index (χ2n) is 9.98. The quantitative estimate of drug-likeness (QED) is 0.0859. The zero-order valence-corrected chi connectivity index (χ0v) is 28.3. The lowest BCUT2D eigenvalue weighted by Crippen LogP contribution is -2.36. The van der Waals surface area contributed by atoms with E-state index >= 15 is 0 Å². The fourth-order valence-electron chi connectivity index (χ4n) is 2.17. The minimum atomic E-state index is -1.17. The first-order valence-corrected chi connectivity index (χ1v) is 15.7. The topological polar surface area (TPSA) is 391 Å². The average Bonchev–Trinajstić information content (AvgIpc) is 3.00. The summed E-state index contributed by atoms with van der Waals surface area (Å²) < 4.78 is 0. The van der Waals surface area contributed by atoms with Gasteiger partial charge in [0.05, 0.1) is 0 Å². The van der Waals surface area contributed by atoms with E-state index in [0.29, 0.717) is 6.42 Å². The molecular formula is C27H55N5O14S. The highest BCUT2D eigenvalue weighted by atomic mass is 32.2. The third kappa shape index (κ3) is 38.5. The van der Waals surface area contributed by atoms with Gasteiger partial charge >= 0.3 is 41.8 Å². The van der Waals surface area contributed by atoms with Crippen LogP contribution in [0.1, 0.15) is 72.6 Å². The van der Waals surface area contributed by atoms with Gasteiger partial charge in [0.2, 0.25) is 0 Å². The molecule has 0 aliphatic rings. The Morgan fingerprint density at radius 1 is 0.511 bits per heavy atom. The van der Waals surface area contributed by atoms with Gasteiger partial charge in [0.25, 0.3) is 0 Å². The lowest BCUT2D eigenvalue weighted by Gasteiger charge is -2.11. The van der Waals surface area contributed by atoms with Crippen molar-refractivity contribution in [2.75, 3.05) is 12.0 Å². The molecule has 0 spiro atoms. The Labute approximate surface area is 278 Å². The number of carbonyl (C=O) groups is 7. The molecule has 0 aromatic rings. The molecule has 0 aliphatic carbocycles. The van der Waals surface area contributed by atoms with Gasteiger partial charge in [-0.25, -0.2) is 0 Å². The Hall–Kier alpha value is -3.56. The van der Waals surface area contributed by atoms with Crippen LogP contribution in [0.4, 0.5) is 0 Å². The molecule has 0 saturated carbocycles. The van der Waals surface area contributed by atoms with Crippen LogP contribution in [-0.4, -0.2) is 120 Å². The Morgan fingerprint density at radius 3 is 0.915 bits per heavy atom. The number of hydrogen-bond donors (Lipinski definition) is 12. The number of aliphatic carboxylic acids is 7. The summed E-state index contributed by atoms with van der Waals surface area (Å²) in [5, 5.41) is 57.5. The zero-order chi connectivity index (χ0) is 38.4. The average molecular weight is 706 g/mol. The molecule has 7 unspecified atom stereocenters. The molecule has 0 aromatic carbocycles. The first kappa shape index (κ1) is 53.0. The SMILES string of the molecule is CCC(C)C(N)C(=O)O.CCC(C)C(N)C(=O)O.CSCCC(N)C(=O)O.NC(CCC(=O)O)C(=O)O.NC(CCC(=O)O)C(=O)O. The van der Waals surface area contributed by atoms with E-state index in [2.05, 4.69) is 0 Å². The van der Waals surface area contributed by atoms with Crippen molar-refractivity contribution in [3.63, 3.8) is 0 Å². The Morgan fingerprint density at radius 2 is 0.766 bits per heavy atom. The molecule has 17 N–H and O–H groups in total. The van der Waals surface area contributed by atoms with E-state index in [4.69, 9.17) is 64.4 Å². The molecule has 0 aliphatic heterocycles. The molecule has 7 atom stereocenters. The van der Waals surface area contributed by atoms with E-state index in [0.717, 1.165) is 18.6 Å². The standard InChI is InChI=1S/2C6H13NO2.2C5H9NO4.C5H11NO2S/c2*1-3-4(2)5(7)6(8)9;2*6-3(5(9)10)1-2-4(7)8;1-9-3-2-4(6)5(7)8/h2*4-5H,3,7H2,1-2H3,(H,8,9);2*3H,1-2,6H2,(H,7,8)(H,9,10);4H,2-3,6H2,1H3,(H,7,8). The first-order valence-electron chi connectivity index (χ1n) is 14.3. The van der Waals surface area contributed by atoms with Gasteiger partial charge in [-0.15, -0.1) is 0 Å². The molecule has 278 valence electrons. The van der Waals surface area contributed by atoms with E-state index in [-0.39, 0.29) is 37.5 Å². The summed E-state index contributed by atoms with van der Waals surface area (Å²) in [4.78, 5) is 70.2. The van der Waals surface area contributed by atoms with Crippen molar-refractivity contribution >= 4 is 53.5 Å². The van der Waals surface area contributed by atoms with Gasteiger partial charge in [-0.1, -0.05) is 40.5 Å². The maximum atomic E-state index is 10.2. The molecule has 0 amide bonds. The number of nitrogens with two attached hydrogens (primary N) is 5. The van der Waals surface area contributed by atoms with Gasteiger partial charge in [0.1, 0.15) is 30.2 Å². The maximum Gasteiger partial charge on any atom is 0.320 e. The van der Waals surface area contributed by atoms with Crippen LogP contribution in [-0.2, 0) is 33.6 Å². The monoisotopic (exact) mass is 705 g/mol. The van der Waals surface area contributed by atoms with E-state index in [1.807, 2.05) is 34.0 Å². The molecular weight excluding hydrogens is 650 g/mol. The highest BCUT2D eigenvalue weighted by Crippen LogP contribution is 2.05. The molecule has 0 heterocycles. The number of carboxylic acids is 7. The van der Waals surface area contributed by atoms with Gasteiger partial charge in [-0.05, 0) is 43.1 Å². The van der Waals surface area contributed by atoms with Crippen molar-refractivity contribution in [1.82, 2.24) is 0 Å². The predicted molar refractivity (Wildman–Crippen MR) is 174 cm³/mol. The van der Waals surface area contributed by atoms with Crippen LogP contribution in [0.3, 0.4) is 0 Å². The summed E-state index contributed by atoms with van der Waals surface area (Å²) >= 11 is 1.60. The van der Waals surface area contributed by atoms with Crippen LogP contribution < -0.4 is 28.7 Å². The number of thioether (sulfide) groups is 1. The predicted octanol–water partition coefficient (Wildman–Crippen LogP) is -0.434. The number of hydrogen-bond acceptors (Lipinski definition) is 13. The smallest absolute Gasteiger partial charge is 0.320 e. The summed E-state index contributed by atoms with van der Waals surface area (Å²) in [6, 6.07) is -4.20. The second kappa shape index (κ2) is 32.4. The van der Waals surface area contributed by atoms with Gasteiger partial charge in [-0.3, -0.25) is 33.6 Å². The van der Waals surface area contributed by atoms with Crippen LogP contribution in [0, 0.1) is 11.8 Å². The Kier molecular flexibility index (Phi) is 36.5. The van der Waals surface area contributed by atoms with Crippen molar-refractivity contribution in [3.8, 4) is 0 Å². The van der Waals surface area contributed by atoms with Gasteiger partial charge in [0, 0.05) is 12.8 Å². The molecule has 0 fully saturated rings. The summed E-state index contributed by atoms with van der Waals surface area (Å²) in [7, 11) is 0. The Bertz CT molecular complexity index is 868. The van der Waals surface area contributed by atoms with Crippen LogP contribution in [0.2, 0.25) is 0 Å². The highest BCUT2D eigenvalue weighted by molar-refractivity contribution is 7.98. The van der Waals surface area contributed by atoms with Crippen molar-refractivity contribution in [1.29, 1.82) is 0 Å². The fraction of sp³-hybridized carbons (Fsp3) is 0.741. The summed E-state index contributed by atoms with van der Waals surface area (Å²) in [6.45, 7) is 7.51. The number of rotatable bonds is 18. The summed E-state index contributed by atoms with van der Waals surface area (Å²) in [5.74, 6) is -6.17. The van der Waals surface area contributed by atoms with Crippen molar-refractivity contribution in [2.45, 2.75) is 103 Å². The van der Waals surface area contributed by atoms with E-state index < -0.39 is 72.0 Å². The number of carboxylic acid groups (broad SMARTS) is 7. The first-order chi connectivity index (χ1) is 21.4. The van der Waals surface area contributed by atoms with Crippen LogP contribution >= 0.6 is 11.8 Å². The van der Waals surface area contributed by atoms with Gasteiger partial charge < -0.3 is 64.4 Å². The minimum absolute atomic E-state index is 0.0231. The van der Waals surface area contributed by atoms with Crippen molar-refractivity contribution < 1.29 is 69.3 Å². The molecule has 0 aromatic heterocycles. The molecule has 0 bridgehead atoms. The van der Waals surface area contributed by atoms with E-state index in [1.54, 1.807) is 11.8 Å². The van der Waals surface area contributed by atoms with E-state index in [9.17, 15) is 33.6 Å². The molecule has 19 nitrogen and oxygen atoms in total. The lowest BCUT2D eigenvalue weighted by molar-refractivity contribution is -0.141. The van der Waals surface area contributed by atoms with Crippen molar-refractivity contribution in [3.05, 3.63) is 0 Å². The largest absolute Gasteiger partial charge is 0.481 e. The van der Waals surface area contributed by atoms with Gasteiger partial charge in [0.15, 0.2) is 0 Å². The fourth-order valence-corrected chi connectivity index (χ4v) is 2.66. The van der Waals surface area contributed by atoms with Gasteiger partial charge in [-0.2, -0.15) is 11.8 Å². The second-order valence-corrected chi connectivity index (χ2v) is 11.0. The van der Waals surface area contributed by atoms with Crippen LogP contribution in [0.15, 0.2) is 0 Å². The third-order valence-corrected chi connectivity index (χ3v) is 6.65. The molecule has 0 rings (SSSR count). The minimum Gasteiger partial charge on any atom is -0.481 e. The Balaban J connectivity index is -0.000000157. The molecule has 0 radical (unpaired) electrons. The highest BCUT2D eigenvalue weighted by Gasteiger charge is 2.18. The molecule has 20 heteroatoms. The van der Waals surface area contributed by atoms with Crippen LogP contribution in [0.5, 0.6) is 0 Å². The third-order valence-electron chi connectivity index (χ3n) is 6.01. The zero-order valence-electron chi connectivity index (χ0n) is 27.5. The summed E-state index contributed by atoms with van der Waals surface area (Å²) in [5.41, 5.74) is 25.7. The van der Waals surface area contributed by atoms with E-state index in [1.165, 1.54) is 0 Å². The molecule has 0 saturated heterocycles. The normalized spacial score (nSPS) is 14.3. The lowest BCUT2D eigenvalue weighted by atomic mass is 10.0. The summed E-state index contributed by atoms with van der Waals surface area (Å²) in [6.07, 6.45) is 3.66.